The largest absolute Gasteiger partial charge is 0.554 e. The van der Waals surface area contributed by atoms with Crippen LogP contribution in [0.3, 0.4) is 0 Å². The number of nitrogen functional groups attached to an aromatic ring is 2. The van der Waals surface area contributed by atoms with Crippen LogP contribution in [0.2, 0.25) is 5.15 Å². The number of nitrogens with one attached hydrogen (secondary N) is 1. The highest BCUT2D eigenvalue weighted by Gasteiger charge is 2.33. The zero-order valence-corrected chi connectivity index (χ0v) is 25.2. The molecule has 232 valence electrons. The van der Waals surface area contributed by atoms with Crippen molar-refractivity contribution in [3.05, 3.63) is 34.9 Å². The normalized spacial score (nSPS) is 13.3. The average Bonchev–Trinajstić information content (AvgIpc) is 3.29. The predicted molar refractivity (Wildman–Crippen MR) is 157 cm³/mol. The quantitative estimate of drug-likeness (QED) is 0.216. The molecule has 0 unspecified atom stereocenters. The van der Waals surface area contributed by atoms with Gasteiger partial charge >= 0.3 is 0 Å². The number of imidazole rings is 1. The van der Waals surface area contributed by atoms with Crippen LogP contribution >= 0.6 is 11.6 Å². The second kappa shape index (κ2) is 15.1. The van der Waals surface area contributed by atoms with Crippen LogP contribution in [0.15, 0.2) is 18.2 Å². The van der Waals surface area contributed by atoms with E-state index < -0.39 is 12.4 Å². The first kappa shape index (κ1) is 33.0. The standard InChI is InChI=1S/C27H35ClN8O4.CH2O2/c1-4-6-18(38)15-40-19-7-8-20-21(13-19)36(17-9-11-34(12-10-17)16(3)37)22(35(20)5-2)14-31-27(39)23-25(29)33-26(30)24(28)32-23;2-1-3/h7-8,13,17H,4-6,9-12,14-15H2,1-3H3,(H4-,29,30,31,33,39);1H,(H,2,3). The average molecular weight is 617 g/mol. The highest BCUT2D eigenvalue weighted by Crippen LogP contribution is 2.30. The molecule has 0 radical (unpaired) electrons. The summed E-state index contributed by atoms with van der Waals surface area (Å²) in [7, 11) is 0. The van der Waals surface area contributed by atoms with E-state index in [9.17, 15) is 14.4 Å². The third-order valence-corrected chi connectivity index (χ3v) is 7.41. The van der Waals surface area contributed by atoms with Crippen molar-refractivity contribution in [1.29, 1.82) is 0 Å². The van der Waals surface area contributed by atoms with Gasteiger partial charge in [0.2, 0.25) is 5.91 Å². The van der Waals surface area contributed by atoms with Crippen molar-refractivity contribution in [2.24, 2.45) is 0 Å². The molecule has 0 saturated carbocycles. The molecule has 0 aliphatic carbocycles. The maximum atomic E-state index is 13.1. The van der Waals surface area contributed by atoms with Gasteiger partial charge in [0.15, 0.2) is 39.3 Å². The van der Waals surface area contributed by atoms with Crippen LogP contribution in [-0.2, 0) is 27.5 Å². The third-order valence-electron chi connectivity index (χ3n) is 7.13. The van der Waals surface area contributed by atoms with Crippen LogP contribution < -0.4 is 31.2 Å². The Morgan fingerprint density at radius 3 is 2.47 bits per heavy atom. The lowest BCUT2D eigenvalue weighted by Gasteiger charge is -2.30. The number of anilines is 2. The van der Waals surface area contributed by atoms with Crippen LogP contribution in [0, 0.1) is 0 Å². The number of aromatic nitrogens is 4. The number of halogens is 1. The van der Waals surface area contributed by atoms with Crippen LogP contribution in [0.1, 0.15) is 68.8 Å². The van der Waals surface area contributed by atoms with Gasteiger partial charge in [-0.1, -0.05) is 18.5 Å². The molecule has 0 atom stereocenters. The topological polar surface area (TPSA) is 202 Å². The van der Waals surface area contributed by atoms with E-state index in [1.807, 2.05) is 36.9 Å². The molecule has 0 spiro atoms. The molecule has 1 aromatic carbocycles. The number of rotatable bonds is 10. The number of likely N-dealkylation sites (tertiary alicyclic amines) is 1. The summed E-state index contributed by atoms with van der Waals surface area (Å²) < 4.78 is 10.2. The molecule has 1 aliphatic heterocycles. The maximum Gasteiger partial charge on any atom is 0.277 e. The number of carbonyl (C=O) groups is 4. The Balaban J connectivity index is 0.00000162. The molecule has 2 amide bonds. The zero-order chi connectivity index (χ0) is 31.7. The number of carbonyl (C=O) groups excluding carboxylic acids is 4. The first-order valence-corrected chi connectivity index (χ1v) is 14.3. The number of hydrogen-bond acceptors (Lipinski definition) is 10. The van der Waals surface area contributed by atoms with Crippen molar-refractivity contribution < 1.29 is 33.6 Å². The lowest BCUT2D eigenvalue weighted by Crippen LogP contribution is -2.42. The van der Waals surface area contributed by atoms with Gasteiger partial charge in [-0.3, -0.25) is 14.4 Å². The van der Waals surface area contributed by atoms with Crippen molar-refractivity contribution in [1.82, 2.24) is 24.8 Å². The van der Waals surface area contributed by atoms with Crippen molar-refractivity contribution in [3.63, 3.8) is 0 Å². The van der Waals surface area contributed by atoms with E-state index >= 15 is 0 Å². The Morgan fingerprint density at radius 2 is 1.86 bits per heavy atom. The predicted octanol–water partition coefficient (Wildman–Crippen LogP) is 0.784. The summed E-state index contributed by atoms with van der Waals surface area (Å²) in [5.74, 6) is 0.864. The van der Waals surface area contributed by atoms with Crippen molar-refractivity contribution >= 4 is 58.3 Å². The molecule has 1 saturated heterocycles. The van der Waals surface area contributed by atoms with E-state index in [1.54, 1.807) is 6.92 Å². The minimum absolute atomic E-state index is 0.0142. The lowest BCUT2D eigenvalue weighted by atomic mass is 10.0. The van der Waals surface area contributed by atoms with Gasteiger partial charge in [0.1, 0.15) is 24.9 Å². The number of amides is 2. The highest BCUT2D eigenvalue weighted by molar-refractivity contribution is 6.31. The molecular weight excluding hydrogens is 580 g/mol. The summed E-state index contributed by atoms with van der Waals surface area (Å²) >= 11 is 5.98. The minimum atomic E-state index is -0.531. The van der Waals surface area contributed by atoms with Crippen LogP contribution in [0.5, 0.6) is 5.75 Å². The second-order valence-electron chi connectivity index (χ2n) is 9.91. The van der Waals surface area contributed by atoms with Gasteiger partial charge in [0, 0.05) is 51.8 Å². The Morgan fingerprint density at radius 1 is 1.19 bits per heavy atom. The van der Waals surface area contributed by atoms with Gasteiger partial charge < -0.3 is 36.3 Å². The van der Waals surface area contributed by atoms with E-state index in [4.69, 9.17) is 37.7 Å². The molecule has 3 heterocycles. The number of nitrogens with two attached hydrogens (primary N) is 2. The lowest BCUT2D eigenvalue weighted by molar-refractivity contribution is -0.676. The number of benzene rings is 1. The molecule has 43 heavy (non-hydrogen) atoms. The third kappa shape index (κ3) is 7.89. The van der Waals surface area contributed by atoms with E-state index in [1.165, 1.54) is 0 Å². The Bertz CT molecular complexity index is 1490. The zero-order valence-electron chi connectivity index (χ0n) is 24.5. The van der Waals surface area contributed by atoms with Gasteiger partial charge in [0.05, 0.1) is 6.54 Å². The van der Waals surface area contributed by atoms with Crippen molar-refractivity contribution in [3.8, 4) is 5.75 Å². The Labute approximate surface area is 254 Å². The summed E-state index contributed by atoms with van der Waals surface area (Å²) in [6.45, 7) is 7.17. The monoisotopic (exact) mass is 616 g/mol. The summed E-state index contributed by atoms with van der Waals surface area (Å²) in [4.78, 5) is 55.1. The number of ketones is 1. The Kier molecular flexibility index (Phi) is 11.6. The highest BCUT2D eigenvalue weighted by atomic mass is 35.5. The summed E-state index contributed by atoms with van der Waals surface area (Å²) in [5.41, 5.74) is 13.3. The summed E-state index contributed by atoms with van der Waals surface area (Å²) in [6, 6.07) is 5.83. The molecule has 15 heteroatoms. The molecule has 14 nitrogen and oxygen atoms in total. The fourth-order valence-electron chi connectivity index (χ4n) is 5.17. The van der Waals surface area contributed by atoms with Gasteiger partial charge in [0.25, 0.3) is 11.7 Å². The van der Waals surface area contributed by atoms with Gasteiger partial charge in [-0.25, -0.2) is 19.1 Å². The van der Waals surface area contributed by atoms with Crippen LogP contribution in [0.25, 0.3) is 11.0 Å². The number of aryl methyl sites for hydroxylation is 1. The van der Waals surface area contributed by atoms with E-state index in [-0.39, 0.29) is 53.4 Å². The molecule has 3 aromatic rings. The first-order valence-electron chi connectivity index (χ1n) is 13.9. The van der Waals surface area contributed by atoms with Gasteiger partial charge in [-0.05, 0) is 25.5 Å². The van der Waals surface area contributed by atoms with Gasteiger partial charge in [-0.2, -0.15) is 0 Å². The number of fused-ring (bicyclic) bond motifs is 1. The number of ether oxygens (including phenoxy) is 1. The number of carboxylic acid groups (broad SMARTS) is 1. The number of hydrogen-bond donors (Lipinski definition) is 3. The smallest absolute Gasteiger partial charge is 0.277 e. The van der Waals surface area contributed by atoms with Crippen LogP contribution in [0.4, 0.5) is 11.6 Å². The van der Waals surface area contributed by atoms with E-state index in [0.717, 1.165) is 36.1 Å². The van der Waals surface area contributed by atoms with Crippen molar-refractivity contribution in [2.45, 2.75) is 65.6 Å². The fraction of sp³-hybridized carbons (Fsp3) is 0.464. The second-order valence-corrected chi connectivity index (χ2v) is 10.3. The molecule has 0 bridgehead atoms. The van der Waals surface area contributed by atoms with E-state index in [0.29, 0.717) is 31.8 Å². The summed E-state index contributed by atoms with van der Waals surface area (Å²) in [6.07, 6.45) is 2.75. The SMILES string of the molecule is CCCC(=O)COc1ccc2c(c1)n(C1CCN(C(C)=O)CC1)c(CNC(=O)c1nc(Cl)c(N)nc1N)[n+]2CC.O=C[O-]. The Hall–Kier alpha value is -4.46. The minimum Gasteiger partial charge on any atom is -0.554 e. The molecule has 4 rings (SSSR count). The maximum absolute atomic E-state index is 13.1. The molecular formula is C28H37ClN8O6. The molecule has 1 fully saturated rings. The number of Topliss-reactive ketones (excluding diaryl/α,β-unsaturated/α-hetero) is 1. The number of nitrogens with zero attached hydrogens (tertiary/aromatic N) is 5. The van der Waals surface area contributed by atoms with Crippen LogP contribution in [-0.4, -0.2) is 63.2 Å². The fourth-order valence-corrected chi connectivity index (χ4v) is 5.30. The van der Waals surface area contributed by atoms with Gasteiger partial charge in [-0.15, -0.1) is 0 Å². The van der Waals surface area contributed by atoms with E-state index in [2.05, 4.69) is 24.4 Å². The van der Waals surface area contributed by atoms with Crippen molar-refractivity contribution in [2.75, 3.05) is 31.2 Å². The number of piperidine rings is 1. The summed E-state index contributed by atoms with van der Waals surface area (Å²) in [5, 5.41) is 11.1. The molecule has 1 aliphatic rings. The molecule has 2 aromatic heterocycles. The molecule has 5 N–H and O–H groups in total. The first-order chi connectivity index (χ1) is 20.6.